The van der Waals surface area contributed by atoms with Crippen LogP contribution in [0.3, 0.4) is 0 Å². The third-order valence-corrected chi connectivity index (χ3v) is 3.01. The first-order valence-electron chi connectivity index (χ1n) is 6.17. The molecule has 1 aromatic heterocycles. The first-order valence-corrected chi connectivity index (χ1v) is 6.17. The van der Waals surface area contributed by atoms with Gasteiger partial charge in [0.1, 0.15) is 5.82 Å². The lowest BCUT2D eigenvalue weighted by atomic mass is 10.3. The van der Waals surface area contributed by atoms with Crippen molar-refractivity contribution >= 4 is 0 Å². The molecule has 0 saturated heterocycles. The highest BCUT2D eigenvalue weighted by atomic mass is 16.5. The van der Waals surface area contributed by atoms with Crippen LogP contribution in [0.2, 0.25) is 0 Å². The summed E-state index contributed by atoms with van der Waals surface area (Å²) in [6.07, 6.45) is 7.58. The maximum atomic E-state index is 5.76. The van der Waals surface area contributed by atoms with Gasteiger partial charge in [-0.2, -0.15) is 0 Å². The van der Waals surface area contributed by atoms with E-state index in [1.165, 1.54) is 25.7 Å². The van der Waals surface area contributed by atoms with Gasteiger partial charge >= 0.3 is 0 Å². The molecule has 0 aromatic carbocycles. The Morgan fingerprint density at radius 2 is 2.31 bits per heavy atom. The molecule has 0 atom stereocenters. The highest BCUT2D eigenvalue weighted by Gasteiger charge is 2.14. The minimum atomic E-state index is 0.524. The van der Waals surface area contributed by atoms with Crippen LogP contribution in [0.1, 0.15) is 37.2 Å². The summed E-state index contributed by atoms with van der Waals surface area (Å²) in [5, 5.41) is 3.34. The predicted molar refractivity (Wildman–Crippen MR) is 63.2 cm³/mol. The molecule has 1 heterocycles. The van der Waals surface area contributed by atoms with Crippen molar-refractivity contribution in [1.29, 1.82) is 0 Å². The van der Waals surface area contributed by atoms with E-state index in [-0.39, 0.29) is 0 Å². The Balaban J connectivity index is 1.51. The van der Waals surface area contributed by atoms with Crippen LogP contribution < -0.4 is 5.32 Å². The lowest BCUT2D eigenvalue weighted by Gasteiger charge is -2.10. The molecule has 0 radical (unpaired) electrons. The highest BCUT2D eigenvalue weighted by molar-refractivity contribution is 4.99. The minimum absolute atomic E-state index is 0.524. The summed E-state index contributed by atoms with van der Waals surface area (Å²) in [6.45, 7) is 4.54. The van der Waals surface area contributed by atoms with Crippen LogP contribution in [0.15, 0.2) is 6.20 Å². The van der Waals surface area contributed by atoms with Crippen molar-refractivity contribution in [1.82, 2.24) is 15.3 Å². The lowest BCUT2D eigenvalue weighted by Crippen LogP contribution is -2.22. The Morgan fingerprint density at radius 3 is 3.00 bits per heavy atom. The number of ether oxygens (including phenoxy) is 1. The van der Waals surface area contributed by atoms with E-state index in [9.17, 15) is 0 Å². The van der Waals surface area contributed by atoms with E-state index in [0.29, 0.717) is 6.10 Å². The Labute approximate surface area is 96.8 Å². The van der Waals surface area contributed by atoms with E-state index in [1.807, 2.05) is 13.1 Å². The predicted octanol–water partition coefficient (Wildman–Crippen LogP) is 1.77. The molecule has 4 heteroatoms. The van der Waals surface area contributed by atoms with E-state index in [4.69, 9.17) is 4.74 Å². The molecule has 1 aliphatic carbocycles. The lowest BCUT2D eigenvalue weighted by molar-refractivity contribution is 0.0602. The molecule has 1 saturated carbocycles. The van der Waals surface area contributed by atoms with Crippen LogP contribution in [0.5, 0.6) is 0 Å². The second kappa shape index (κ2) is 6.01. The fraction of sp³-hybridized carbons (Fsp3) is 0.750. The molecule has 16 heavy (non-hydrogen) atoms. The zero-order valence-electron chi connectivity index (χ0n) is 9.96. The number of imidazole rings is 1. The average molecular weight is 223 g/mol. The zero-order chi connectivity index (χ0) is 11.2. The Bertz CT molecular complexity index is 305. The van der Waals surface area contributed by atoms with Gasteiger partial charge in [-0.15, -0.1) is 0 Å². The largest absolute Gasteiger partial charge is 0.377 e. The number of nitrogens with one attached hydrogen (secondary N) is 2. The molecule has 0 aliphatic heterocycles. The SMILES string of the molecule is Cc1ncc(CNCCOC2CCCC2)[nH]1. The van der Waals surface area contributed by atoms with Gasteiger partial charge in [-0.3, -0.25) is 0 Å². The smallest absolute Gasteiger partial charge is 0.103 e. The Hall–Kier alpha value is -0.870. The van der Waals surface area contributed by atoms with Gasteiger partial charge in [0.2, 0.25) is 0 Å². The number of aryl methyl sites for hydroxylation is 1. The van der Waals surface area contributed by atoms with Gasteiger partial charge in [-0.1, -0.05) is 12.8 Å². The van der Waals surface area contributed by atoms with E-state index in [1.54, 1.807) is 0 Å². The molecule has 1 aromatic rings. The molecular formula is C12H21N3O. The van der Waals surface area contributed by atoms with Gasteiger partial charge in [-0.05, 0) is 19.8 Å². The van der Waals surface area contributed by atoms with E-state index in [2.05, 4.69) is 15.3 Å². The first-order chi connectivity index (χ1) is 7.84. The highest BCUT2D eigenvalue weighted by Crippen LogP contribution is 2.20. The number of aromatic amines is 1. The molecule has 4 nitrogen and oxygen atoms in total. The molecule has 2 rings (SSSR count). The fourth-order valence-corrected chi connectivity index (χ4v) is 2.14. The van der Waals surface area contributed by atoms with Crippen LogP contribution in [0.4, 0.5) is 0 Å². The van der Waals surface area contributed by atoms with Crippen LogP contribution in [0, 0.1) is 6.92 Å². The summed E-state index contributed by atoms with van der Waals surface area (Å²) in [6, 6.07) is 0. The summed E-state index contributed by atoms with van der Waals surface area (Å²) >= 11 is 0. The van der Waals surface area contributed by atoms with Gasteiger partial charge in [0.15, 0.2) is 0 Å². The summed E-state index contributed by atoms with van der Waals surface area (Å²) in [5.74, 6) is 0.971. The minimum Gasteiger partial charge on any atom is -0.377 e. The fourth-order valence-electron chi connectivity index (χ4n) is 2.14. The molecular weight excluding hydrogens is 202 g/mol. The van der Waals surface area contributed by atoms with Gasteiger partial charge < -0.3 is 15.0 Å². The normalized spacial score (nSPS) is 17.1. The van der Waals surface area contributed by atoms with Crippen molar-refractivity contribution in [2.24, 2.45) is 0 Å². The topological polar surface area (TPSA) is 49.9 Å². The van der Waals surface area contributed by atoms with Crippen molar-refractivity contribution < 1.29 is 4.74 Å². The zero-order valence-corrected chi connectivity index (χ0v) is 9.96. The van der Waals surface area contributed by atoms with E-state index < -0.39 is 0 Å². The van der Waals surface area contributed by atoms with Crippen molar-refractivity contribution in [2.75, 3.05) is 13.2 Å². The van der Waals surface area contributed by atoms with Gasteiger partial charge in [0, 0.05) is 25.0 Å². The van der Waals surface area contributed by atoms with E-state index in [0.717, 1.165) is 31.2 Å². The number of H-pyrrole nitrogens is 1. The van der Waals surface area contributed by atoms with Crippen LogP contribution in [-0.4, -0.2) is 29.2 Å². The summed E-state index contributed by atoms with van der Waals surface area (Å²) in [4.78, 5) is 7.35. The molecule has 1 aliphatic rings. The number of hydrogen-bond donors (Lipinski definition) is 2. The molecule has 0 spiro atoms. The molecule has 0 amide bonds. The number of aromatic nitrogens is 2. The van der Waals surface area contributed by atoms with Crippen molar-refractivity contribution in [3.05, 3.63) is 17.7 Å². The second-order valence-electron chi connectivity index (χ2n) is 4.45. The van der Waals surface area contributed by atoms with Crippen molar-refractivity contribution in [2.45, 2.75) is 45.3 Å². The second-order valence-corrected chi connectivity index (χ2v) is 4.45. The van der Waals surface area contributed by atoms with Crippen molar-refractivity contribution in [3.8, 4) is 0 Å². The molecule has 0 unspecified atom stereocenters. The Morgan fingerprint density at radius 1 is 1.50 bits per heavy atom. The van der Waals surface area contributed by atoms with E-state index >= 15 is 0 Å². The standard InChI is InChI=1S/C12H21N3O/c1-10-14-9-11(15-10)8-13-6-7-16-12-4-2-3-5-12/h9,12-13H,2-8H2,1H3,(H,14,15). The average Bonchev–Trinajstić information content (AvgIpc) is 2.89. The molecule has 90 valence electrons. The molecule has 0 bridgehead atoms. The Kier molecular flexibility index (Phi) is 4.36. The van der Waals surface area contributed by atoms with Gasteiger partial charge in [-0.25, -0.2) is 4.98 Å². The summed E-state index contributed by atoms with van der Waals surface area (Å²) in [5.41, 5.74) is 1.14. The number of rotatable bonds is 6. The van der Waals surface area contributed by atoms with Crippen LogP contribution >= 0.6 is 0 Å². The monoisotopic (exact) mass is 223 g/mol. The first kappa shape index (κ1) is 11.6. The van der Waals surface area contributed by atoms with Gasteiger partial charge in [0.25, 0.3) is 0 Å². The van der Waals surface area contributed by atoms with Crippen LogP contribution in [-0.2, 0) is 11.3 Å². The van der Waals surface area contributed by atoms with Gasteiger partial charge in [0.05, 0.1) is 12.7 Å². The maximum Gasteiger partial charge on any atom is 0.103 e. The van der Waals surface area contributed by atoms with Crippen LogP contribution in [0.25, 0.3) is 0 Å². The molecule has 2 N–H and O–H groups in total. The quantitative estimate of drug-likeness (QED) is 0.723. The number of hydrogen-bond acceptors (Lipinski definition) is 3. The third-order valence-electron chi connectivity index (χ3n) is 3.01. The summed E-state index contributed by atoms with van der Waals surface area (Å²) < 4.78 is 5.76. The van der Waals surface area contributed by atoms with Crippen molar-refractivity contribution in [3.63, 3.8) is 0 Å². The summed E-state index contributed by atoms with van der Waals surface area (Å²) in [7, 11) is 0. The third kappa shape index (κ3) is 3.61. The molecule has 1 fully saturated rings. The maximum absolute atomic E-state index is 5.76. The number of nitrogens with zero attached hydrogens (tertiary/aromatic N) is 1.